The zero-order valence-electron chi connectivity index (χ0n) is 5.21. The molecule has 0 amide bonds. The number of halogens is 2. The summed E-state index contributed by atoms with van der Waals surface area (Å²) in [7, 11) is 5.80. The van der Waals surface area contributed by atoms with Gasteiger partial charge in [-0.05, 0) is 0 Å². The van der Waals surface area contributed by atoms with E-state index in [9.17, 15) is 0 Å². The van der Waals surface area contributed by atoms with Gasteiger partial charge in [0.05, 0.1) is 0 Å². The van der Waals surface area contributed by atoms with Gasteiger partial charge in [0.15, 0.2) is 0 Å². The van der Waals surface area contributed by atoms with Crippen molar-refractivity contribution in [3.05, 3.63) is 6.96 Å². The number of fused-ring (bicyclic) bond motifs is 1. The van der Waals surface area contributed by atoms with E-state index < -0.39 is 0 Å². The van der Waals surface area contributed by atoms with Gasteiger partial charge in [0.2, 0.25) is 0 Å². The third-order valence-electron chi connectivity index (χ3n) is 1.02. The molecule has 0 saturated carbocycles. The summed E-state index contributed by atoms with van der Waals surface area (Å²) in [6, 6.07) is 0. The van der Waals surface area contributed by atoms with E-state index in [0.717, 1.165) is 3.14 Å². The normalized spacial score (nSPS) is 13.2. The van der Waals surface area contributed by atoms with Crippen molar-refractivity contribution in [2.45, 2.75) is 0 Å². The van der Waals surface area contributed by atoms with Crippen molar-refractivity contribution in [2.75, 3.05) is 0 Å². The Morgan fingerprint density at radius 3 is 2.92 bits per heavy atom. The molecule has 0 fully saturated rings. The van der Waals surface area contributed by atoms with E-state index in [-0.39, 0.29) is 15.8 Å². The van der Waals surface area contributed by atoms with Crippen LogP contribution in [-0.4, -0.2) is 0 Å². The summed E-state index contributed by atoms with van der Waals surface area (Å²) >= 11 is 11.5. The summed E-state index contributed by atoms with van der Waals surface area (Å²) in [5, 5.41) is 0. The van der Waals surface area contributed by atoms with Crippen molar-refractivity contribution in [1.82, 2.24) is 0 Å². The Hall–Kier alpha value is 2.26. The molecule has 2 heterocycles. The molecule has 2 aromatic heterocycles. The van der Waals surface area contributed by atoms with Crippen LogP contribution in [0.3, 0.4) is 0 Å². The van der Waals surface area contributed by atoms with Gasteiger partial charge in [0.1, 0.15) is 0 Å². The number of rotatable bonds is 1. The topological polar surface area (TPSA) is 0 Å². The number of hydrogen-bond donors (Lipinski definition) is 0. The Bertz CT molecular complexity index is 497. The van der Waals surface area contributed by atoms with Crippen LogP contribution in [0.4, 0.5) is 0 Å². The molecule has 0 aliphatic heterocycles. The van der Waals surface area contributed by atoms with Crippen molar-refractivity contribution in [3.63, 3.8) is 0 Å². The summed E-state index contributed by atoms with van der Waals surface area (Å²) < 4.78 is 5.43. The van der Waals surface area contributed by atoms with Gasteiger partial charge in [-0.3, -0.25) is 0 Å². The van der Waals surface area contributed by atoms with Crippen LogP contribution in [0, 0.1) is 6.96 Å². The van der Waals surface area contributed by atoms with Crippen LogP contribution in [0.15, 0.2) is 0 Å². The van der Waals surface area contributed by atoms with E-state index in [2.05, 4.69) is 18.6 Å². The fourth-order valence-electron chi connectivity index (χ4n) is 0.636. The Labute approximate surface area is 112 Å². The van der Waals surface area contributed by atoms with E-state index in [0.29, 0.717) is 0 Å². The second-order valence-electron chi connectivity index (χ2n) is 1.66. The molecular weight excluding hydrogens is 494 g/mol. The molecule has 0 saturated heterocycles. The first-order valence-electron chi connectivity index (χ1n) is 2.60. The van der Waals surface area contributed by atoms with Gasteiger partial charge in [-0.2, -0.15) is 0 Å². The van der Waals surface area contributed by atoms with Crippen LogP contribution in [-0.2, 0) is 8.52 Å². The maximum absolute atomic E-state index is 5.16. The molecule has 0 nitrogen and oxygen atoms in total. The van der Waals surface area contributed by atoms with Gasteiger partial charge in [-0.25, -0.2) is 0 Å². The first-order chi connectivity index (χ1) is 5.81. The third-order valence-corrected chi connectivity index (χ3v) is 14.0. The molecule has 0 spiro atoms. The monoisotopic (exact) mass is 494 g/mol. The standard InChI is InChI=1S/C4I2S6/c5-6-10-3-1-2(11-12-3)9-4(7)8-1. The van der Waals surface area contributed by atoms with Crippen molar-refractivity contribution >= 4 is 91.4 Å². The molecule has 2 aromatic rings. The molecule has 0 radical (unpaired) electrons. The van der Waals surface area contributed by atoms with E-state index in [4.69, 9.17) is 12.2 Å². The van der Waals surface area contributed by atoms with Gasteiger partial charge < -0.3 is 0 Å². The van der Waals surface area contributed by atoms with Gasteiger partial charge in [0.25, 0.3) is 0 Å². The second-order valence-corrected chi connectivity index (χ2v) is 17.3. The number of hydrogen-bond acceptors (Lipinski definition) is 5. The zero-order chi connectivity index (χ0) is 8.55. The molecule has 0 N–H and O–H groups in total. The Balaban J connectivity index is 2.85. The quantitative estimate of drug-likeness (QED) is 0.252. The van der Waals surface area contributed by atoms with Crippen LogP contribution in [0.2, 0.25) is 0 Å². The Morgan fingerprint density at radius 1 is 1.33 bits per heavy atom. The van der Waals surface area contributed by atoms with E-state index >= 15 is 0 Å². The van der Waals surface area contributed by atoms with Crippen LogP contribution in [0.5, 0.6) is 0 Å². The van der Waals surface area contributed by atoms with Crippen LogP contribution < -0.4 is 15.8 Å². The molecular formula is C4I2S6. The van der Waals surface area contributed by atoms with Gasteiger partial charge in [-0.1, -0.05) is 0 Å². The maximum atomic E-state index is 5.16. The first-order valence-corrected chi connectivity index (χ1v) is 16.4. The fraction of sp³-hybridized carbons (Fsp3) is 0. The van der Waals surface area contributed by atoms with Crippen molar-refractivity contribution in [2.24, 2.45) is 0 Å². The molecule has 0 atom stereocenters. The molecule has 0 aromatic carbocycles. The minimum absolute atomic E-state index is 0.270. The summed E-state index contributed by atoms with van der Waals surface area (Å²) in [4.78, 5) is 0. The first kappa shape index (κ1) is 10.8. The summed E-state index contributed by atoms with van der Waals surface area (Å²) in [5.74, 6) is 0. The molecule has 66 valence electrons. The predicted molar refractivity (Wildman–Crippen MR) is 70.9 cm³/mol. The van der Waals surface area contributed by atoms with Crippen molar-refractivity contribution in [1.29, 1.82) is 0 Å². The molecule has 0 aliphatic rings. The van der Waals surface area contributed by atoms with Gasteiger partial charge in [-0.15, -0.1) is 0 Å². The van der Waals surface area contributed by atoms with Crippen molar-refractivity contribution in [3.8, 4) is 0 Å². The zero-order valence-corrected chi connectivity index (χ0v) is 14.4. The van der Waals surface area contributed by atoms with Crippen LogP contribution >= 0.6 is 74.2 Å². The summed E-state index contributed by atoms with van der Waals surface area (Å²) in [5.41, 5.74) is 0. The molecule has 2 rings (SSSR count). The predicted octanol–water partition coefficient (Wildman–Crippen LogP) is 1.78. The van der Waals surface area contributed by atoms with E-state index in [1.807, 2.05) is 29.2 Å². The third kappa shape index (κ3) is 2.25. The molecule has 8 heteroatoms. The Morgan fingerprint density at radius 2 is 2.17 bits per heavy atom. The molecule has 12 heavy (non-hydrogen) atoms. The van der Waals surface area contributed by atoms with Crippen molar-refractivity contribution < 1.29 is 15.8 Å². The van der Waals surface area contributed by atoms with Crippen LogP contribution in [0.1, 0.15) is 0 Å². The minimum atomic E-state index is 0.270. The van der Waals surface area contributed by atoms with E-state index in [1.165, 1.54) is 12.5 Å². The van der Waals surface area contributed by atoms with E-state index in [1.54, 1.807) is 22.7 Å². The molecule has 0 bridgehead atoms. The van der Waals surface area contributed by atoms with Gasteiger partial charge in [0, 0.05) is 0 Å². The summed E-state index contributed by atoms with van der Waals surface area (Å²) in [6.45, 7) is 0. The fourth-order valence-corrected chi connectivity index (χ4v) is 17.5. The Kier molecular flexibility index (Phi) is 4.36. The molecule has 0 aliphatic carbocycles. The van der Waals surface area contributed by atoms with Gasteiger partial charge >= 0.3 is 114 Å². The average molecular weight is 494 g/mol. The van der Waals surface area contributed by atoms with Crippen LogP contribution in [0.25, 0.3) is 8.71 Å². The summed E-state index contributed by atoms with van der Waals surface area (Å²) in [6.07, 6.45) is 0. The molecule has 0 unspecified atom stereocenters. The average Bonchev–Trinajstić information content (AvgIpc) is 2.52. The second kappa shape index (κ2) is 4.86. The SMILES string of the molecule is S=c1sc2ssc(=[S+][I-]I)c2s1.